The Morgan fingerprint density at radius 1 is 1.18 bits per heavy atom. The van der Waals surface area contributed by atoms with Crippen molar-refractivity contribution in [2.45, 2.75) is 12.5 Å². The molecule has 1 atom stereocenters. The lowest BCUT2D eigenvalue weighted by Gasteiger charge is -2.29. The summed E-state index contributed by atoms with van der Waals surface area (Å²) >= 11 is 0. The number of amides is 2. The van der Waals surface area contributed by atoms with Crippen molar-refractivity contribution in [2.24, 2.45) is 10.7 Å². The Bertz CT molecular complexity index is 1230. The lowest BCUT2D eigenvalue weighted by atomic mass is 9.91. The number of carbonyl (C=O) groups is 2. The number of nitrogens with two attached hydrogens (primary N) is 1. The van der Waals surface area contributed by atoms with Gasteiger partial charge in [-0.05, 0) is 42.8 Å². The molecule has 33 heavy (non-hydrogen) atoms. The molecule has 170 valence electrons. The number of hydrogen-bond acceptors (Lipinski definition) is 7. The van der Waals surface area contributed by atoms with E-state index in [1.54, 1.807) is 0 Å². The van der Waals surface area contributed by atoms with Crippen LogP contribution in [0.1, 0.15) is 11.4 Å². The average Bonchev–Trinajstić information content (AvgIpc) is 3.46. The number of H-pyrrole nitrogens is 1. The van der Waals surface area contributed by atoms with Gasteiger partial charge >= 0.3 is 0 Å². The lowest BCUT2D eigenvalue weighted by Crippen LogP contribution is -2.58. The van der Waals surface area contributed by atoms with E-state index >= 15 is 0 Å². The third kappa shape index (κ3) is 3.62. The number of morpholine rings is 1. The molecular formula is C23H25N7O3. The molecule has 1 saturated heterocycles. The standard InChI is InChI=1S/C23H25N7O3/c1-14-12-15(30-8-10-33-11-9-30)6-7-16(14)27-20(31)19-23(21(24)32,26-13-25-19)22-28-17-4-2-3-5-18(17)29-22/h2-7,12,26H,8-11,13H2,1H3,(H2,24,32)(H,27,31)(H,28,29). The van der Waals surface area contributed by atoms with Crippen molar-refractivity contribution < 1.29 is 14.3 Å². The van der Waals surface area contributed by atoms with Crippen LogP contribution in [0.3, 0.4) is 0 Å². The fourth-order valence-electron chi connectivity index (χ4n) is 4.32. The summed E-state index contributed by atoms with van der Waals surface area (Å²) in [5, 5.41) is 5.87. The first-order valence-electron chi connectivity index (χ1n) is 10.8. The van der Waals surface area contributed by atoms with Gasteiger partial charge in [-0.25, -0.2) is 4.98 Å². The minimum atomic E-state index is -1.65. The molecule has 2 aromatic carbocycles. The number of aryl methyl sites for hydroxylation is 1. The molecule has 2 aliphatic heterocycles. The van der Waals surface area contributed by atoms with E-state index in [1.165, 1.54) is 0 Å². The summed E-state index contributed by atoms with van der Waals surface area (Å²) in [5.74, 6) is -1.03. The van der Waals surface area contributed by atoms with Gasteiger partial charge in [0.2, 0.25) is 5.54 Å². The zero-order valence-electron chi connectivity index (χ0n) is 18.2. The van der Waals surface area contributed by atoms with Crippen LogP contribution in [0.4, 0.5) is 11.4 Å². The van der Waals surface area contributed by atoms with E-state index in [4.69, 9.17) is 10.5 Å². The van der Waals surface area contributed by atoms with Gasteiger partial charge < -0.3 is 25.7 Å². The first-order chi connectivity index (χ1) is 16.0. The highest BCUT2D eigenvalue weighted by molar-refractivity contribution is 6.50. The Morgan fingerprint density at radius 2 is 1.97 bits per heavy atom. The van der Waals surface area contributed by atoms with Crippen LogP contribution in [0.2, 0.25) is 0 Å². The van der Waals surface area contributed by atoms with Crippen LogP contribution in [0.25, 0.3) is 11.0 Å². The number of aromatic nitrogens is 2. The van der Waals surface area contributed by atoms with Crippen molar-refractivity contribution in [1.82, 2.24) is 15.3 Å². The minimum absolute atomic E-state index is 0.0225. The second-order valence-electron chi connectivity index (χ2n) is 8.11. The highest BCUT2D eigenvalue weighted by Gasteiger charge is 2.52. The first kappa shape index (κ1) is 21.1. The normalized spacial score (nSPS) is 20.6. The topological polar surface area (TPSA) is 138 Å². The summed E-state index contributed by atoms with van der Waals surface area (Å²) in [5.41, 5.74) is 8.13. The fourth-order valence-corrected chi connectivity index (χ4v) is 4.32. The van der Waals surface area contributed by atoms with Gasteiger partial charge in [-0.2, -0.15) is 0 Å². The molecule has 3 aromatic rings. The quantitative estimate of drug-likeness (QED) is 0.461. The molecule has 5 N–H and O–H groups in total. The van der Waals surface area contributed by atoms with Crippen LogP contribution in [0.15, 0.2) is 47.5 Å². The van der Waals surface area contributed by atoms with Crippen molar-refractivity contribution >= 4 is 39.9 Å². The number of para-hydroxylation sites is 2. The Morgan fingerprint density at radius 3 is 2.70 bits per heavy atom. The number of ether oxygens (including phenoxy) is 1. The molecule has 1 aromatic heterocycles. The van der Waals surface area contributed by atoms with Gasteiger partial charge in [0.1, 0.15) is 11.5 Å². The van der Waals surface area contributed by atoms with E-state index in [0.717, 1.165) is 29.9 Å². The predicted octanol–water partition coefficient (Wildman–Crippen LogP) is 1.03. The Balaban J connectivity index is 1.43. The maximum absolute atomic E-state index is 13.3. The number of carbonyl (C=O) groups excluding carboxylic acids is 2. The summed E-state index contributed by atoms with van der Waals surface area (Å²) in [6.45, 7) is 5.04. The van der Waals surface area contributed by atoms with Crippen LogP contribution in [0, 0.1) is 6.92 Å². The Labute approximate surface area is 190 Å². The van der Waals surface area contributed by atoms with Gasteiger partial charge in [0, 0.05) is 24.5 Å². The average molecular weight is 447 g/mol. The second-order valence-corrected chi connectivity index (χ2v) is 8.11. The summed E-state index contributed by atoms with van der Waals surface area (Å²) in [6.07, 6.45) is 0. The minimum Gasteiger partial charge on any atom is -0.378 e. The number of primary amides is 1. The van der Waals surface area contributed by atoms with Crippen LogP contribution in [0.5, 0.6) is 0 Å². The van der Waals surface area contributed by atoms with E-state index in [-0.39, 0.29) is 18.2 Å². The van der Waals surface area contributed by atoms with Crippen LogP contribution in [-0.2, 0) is 19.9 Å². The maximum atomic E-state index is 13.3. The molecule has 10 heteroatoms. The second kappa shape index (κ2) is 8.30. The Kier molecular flexibility index (Phi) is 5.31. The zero-order valence-corrected chi connectivity index (χ0v) is 18.2. The maximum Gasteiger partial charge on any atom is 0.272 e. The summed E-state index contributed by atoms with van der Waals surface area (Å²) in [4.78, 5) is 40.1. The molecule has 2 aliphatic rings. The summed E-state index contributed by atoms with van der Waals surface area (Å²) in [6, 6.07) is 13.2. The van der Waals surface area contributed by atoms with Gasteiger partial charge in [-0.15, -0.1) is 0 Å². The van der Waals surface area contributed by atoms with E-state index < -0.39 is 17.4 Å². The van der Waals surface area contributed by atoms with E-state index in [1.807, 2.05) is 49.4 Å². The monoisotopic (exact) mass is 447 g/mol. The highest BCUT2D eigenvalue weighted by atomic mass is 16.5. The SMILES string of the molecule is Cc1cc(N2CCOCC2)ccc1NC(=O)C1=NCNC1(C(N)=O)c1nc2ccccc2[nH]1. The van der Waals surface area contributed by atoms with E-state index in [9.17, 15) is 9.59 Å². The molecule has 0 bridgehead atoms. The third-order valence-corrected chi connectivity index (χ3v) is 6.10. The fraction of sp³-hybridized carbons (Fsp3) is 0.304. The number of fused-ring (bicyclic) bond motifs is 1. The summed E-state index contributed by atoms with van der Waals surface area (Å²) in [7, 11) is 0. The molecule has 0 spiro atoms. The molecule has 0 radical (unpaired) electrons. The van der Waals surface area contributed by atoms with Gasteiger partial charge in [0.15, 0.2) is 0 Å². The van der Waals surface area contributed by atoms with E-state index in [2.05, 4.69) is 30.5 Å². The van der Waals surface area contributed by atoms with Crippen LogP contribution < -0.4 is 21.3 Å². The number of anilines is 2. The van der Waals surface area contributed by atoms with E-state index in [0.29, 0.717) is 24.4 Å². The summed E-state index contributed by atoms with van der Waals surface area (Å²) < 4.78 is 5.42. The molecule has 3 heterocycles. The molecule has 0 aliphatic carbocycles. The van der Waals surface area contributed by atoms with Crippen molar-refractivity contribution in [3.05, 3.63) is 53.9 Å². The zero-order chi connectivity index (χ0) is 23.0. The number of nitrogens with zero attached hydrogens (tertiary/aromatic N) is 3. The predicted molar refractivity (Wildman–Crippen MR) is 125 cm³/mol. The Hall–Kier alpha value is -3.76. The van der Waals surface area contributed by atoms with Gasteiger partial charge in [-0.1, -0.05) is 12.1 Å². The van der Waals surface area contributed by atoms with Crippen molar-refractivity contribution in [2.75, 3.05) is 43.2 Å². The first-order valence-corrected chi connectivity index (χ1v) is 10.8. The van der Waals surface area contributed by atoms with Gasteiger partial charge in [-0.3, -0.25) is 19.9 Å². The molecule has 1 unspecified atom stereocenters. The molecule has 0 saturated carbocycles. The van der Waals surface area contributed by atoms with Crippen molar-refractivity contribution in [3.8, 4) is 0 Å². The molecule has 10 nitrogen and oxygen atoms in total. The number of hydrogen-bond donors (Lipinski definition) is 4. The number of aliphatic imine (C=N–C) groups is 1. The number of aromatic amines is 1. The molecular weight excluding hydrogens is 422 g/mol. The lowest BCUT2D eigenvalue weighted by molar-refractivity contribution is -0.123. The number of rotatable bonds is 5. The smallest absolute Gasteiger partial charge is 0.272 e. The number of imidazole rings is 1. The highest BCUT2D eigenvalue weighted by Crippen LogP contribution is 2.29. The van der Waals surface area contributed by atoms with Crippen molar-refractivity contribution in [1.29, 1.82) is 0 Å². The van der Waals surface area contributed by atoms with Gasteiger partial charge in [0.05, 0.1) is 30.9 Å². The van der Waals surface area contributed by atoms with Crippen molar-refractivity contribution in [3.63, 3.8) is 0 Å². The molecule has 5 rings (SSSR count). The number of benzene rings is 2. The molecule has 2 amide bonds. The van der Waals surface area contributed by atoms with Crippen LogP contribution >= 0.6 is 0 Å². The third-order valence-electron chi connectivity index (χ3n) is 6.10. The van der Waals surface area contributed by atoms with Gasteiger partial charge in [0.25, 0.3) is 11.8 Å². The number of nitrogens with one attached hydrogen (secondary N) is 3. The van der Waals surface area contributed by atoms with Crippen LogP contribution in [-0.4, -0.2) is 60.5 Å². The largest absolute Gasteiger partial charge is 0.378 e. The molecule has 1 fully saturated rings.